The highest BCUT2D eigenvalue weighted by Crippen LogP contribution is 2.40. The van der Waals surface area contributed by atoms with Crippen LogP contribution in [0.1, 0.15) is 43.9 Å². The van der Waals surface area contributed by atoms with Crippen molar-refractivity contribution in [2.75, 3.05) is 17.2 Å². The maximum atomic E-state index is 13.1. The van der Waals surface area contributed by atoms with Gasteiger partial charge in [0, 0.05) is 17.7 Å². The Morgan fingerprint density at radius 3 is 2.50 bits per heavy atom. The lowest BCUT2D eigenvalue weighted by molar-refractivity contribution is -0.137. The van der Waals surface area contributed by atoms with E-state index < -0.39 is 11.7 Å². The number of hydrogen-bond acceptors (Lipinski definition) is 5. The number of halogens is 4. The number of aliphatic hydroxyl groups excluding tert-OH is 1. The van der Waals surface area contributed by atoms with Crippen molar-refractivity contribution in [2.45, 2.75) is 44.8 Å². The number of alkyl halides is 3. The average Bonchev–Trinajstić information content (AvgIpc) is 3.45. The highest BCUT2D eigenvalue weighted by molar-refractivity contribution is 6.31. The average molecular weight is 415 g/mol. The fourth-order valence-corrected chi connectivity index (χ4v) is 2.96. The highest BCUT2D eigenvalue weighted by atomic mass is 35.5. The molecular formula is C19H22ClF3N4O. The zero-order valence-corrected chi connectivity index (χ0v) is 16.3. The fraction of sp³-hybridized carbons (Fsp3) is 0.474. The Kier molecular flexibility index (Phi) is 6.00. The van der Waals surface area contributed by atoms with Crippen LogP contribution in [0, 0.1) is 5.92 Å². The van der Waals surface area contributed by atoms with Crippen LogP contribution in [0.3, 0.4) is 0 Å². The number of hydrogen-bond donors (Lipinski definition) is 3. The topological polar surface area (TPSA) is 70.1 Å². The summed E-state index contributed by atoms with van der Waals surface area (Å²) in [7, 11) is 0. The lowest BCUT2D eigenvalue weighted by Crippen LogP contribution is -2.30. The van der Waals surface area contributed by atoms with E-state index in [4.69, 9.17) is 11.6 Å². The minimum Gasteiger partial charge on any atom is -0.394 e. The van der Waals surface area contributed by atoms with Crippen LogP contribution in [-0.4, -0.2) is 27.7 Å². The highest BCUT2D eigenvalue weighted by Gasteiger charge is 2.33. The van der Waals surface area contributed by atoms with Gasteiger partial charge in [0.25, 0.3) is 0 Å². The molecule has 1 aromatic carbocycles. The van der Waals surface area contributed by atoms with Gasteiger partial charge < -0.3 is 15.7 Å². The van der Waals surface area contributed by atoms with E-state index in [1.807, 2.05) is 13.8 Å². The minimum atomic E-state index is -4.54. The van der Waals surface area contributed by atoms with E-state index in [2.05, 4.69) is 20.6 Å². The van der Waals surface area contributed by atoms with Gasteiger partial charge in [-0.25, -0.2) is 4.98 Å². The summed E-state index contributed by atoms with van der Waals surface area (Å²) >= 11 is 5.68. The van der Waals surface area contributed by atoms with Crippen LogP contribution < -0.4 is 10.6 Å². The van der Waals surface area contributed by atoms with Gasteiger partial charge in [-0.1, -0.05) is 25.4 Å². The summed E-state index contributed by atoms with van der Waals surface area (Å²) < 4.78 is 39.3. The van der Waals surface area contributed by atoms with Crippen molar-refractivity contribution in [3.05, 3.63) is 40.5 Å². The molecule has 1 atom stereocenters. The Morgan fingerprint density at radius 1 is 1.21 bits per heavy atom. The summed E-state index contributed by atoms with van der Waals surface area (Å²) in [5.74, 6) is 1.20. The standard InChI is InChI=1S/C19H22ClF3N4O/c1-10(2)16(9-28)26-18-25-15(11-3-4-11)8-17(27-18)24-12-5-6-14(20)13(7-12)19(21,22)23/h5-8,10-11,16,28H,3-4,9H2,1-2H3,(H2,24,25,26,27)/t16-/m0/s1. The van der Waals surface area contributed by atoms with Crippen LogP contribution in [0.4, 0.5) is 30.6 Å². The van der Waals surface area contributed by atoms with Gasteiger partial charge in [0.05, 0.1) is 28.9 Å². The first kappa shape index (κ1) is 20.7. The second-order valence-corrected chi connectivity index (χ2v) is 7.68. The third-order valence-corrected chi connectivity index (χ3v) is 4.93. The number of rotatable bonds is 7. The predicted octanol–water partition coefficient (Wildman–Crippen LogP) is 5.20. The molecule has 1 aliphatic carbocycles. The van der Waals surface area contributed by atoms with E-state index in [9.17, 15) is 18.3 Å². The summed E-state index contributed by atoms with van der Waals surface area (Å²) in [5.41, 5.74) is 0.144. The van der Waals surface area contributed by atoms with Crippen molar-refractivity contribution >= 4 is 29.1 Å². The summed E-state index contributed by atoms with van der Waals surface area (Å²) in [6.07, 6.45) is -2.51. The van der Waals surface area contributed by atoms with Crippen molar-refractivity contribution in [1.82, 2.24) is 9.97 Å². The minimum absolute atomic E-state index is 0.0798. The predicted molar refractivity (Wildman–Crippen MR) is 103 cm³/mol. The maximum Gasteiger partial charge on any atom is 0.417 e. The summed E-state index contributed by atoms with van der Waals surface area (Å²) in [6, 6.07) is 5.14. The van der Waals surface area contributed by atoms with Crippen molar-refractivity contribution in [2.24, 2.45) is 5.92 Å². The molecule has 1 aliphatic rings. The number of aromatic nitrogens is 2. The third-order valence-electron chi connectivity index (χ3n) is 4.60. The summed E-state index contributed by atoms with van der Waals surface area (Å²) in [5, 5.41) is 15.2. The molecule has 5 nitrogen and oxygen atoms in total. The molecule has 28 heavy (non-hydrogen) atoms. The maximum absolute atomic E-state index is 13.1. The summed E-state index contributed by atoms with van der Waals surface area (Å²) in [4.78, 5) is 8.87. The Bertz CT molecular complexity index is 840. The molecule has 1 heterocycles. The van der Waals surface area contributed by atoms with E-state index in [0.29, 0.717) is 17.7 Å². The smallest absolute Gasteiger partial charge is 0.394 e. The number of aliphatic hydroxyl groups is 1. The molecule has 0 radical (unpaired) electrons. The van der Waals surface area contributed by atoms with Gasteiger partial charge in [0.1, 0.15) is 5.82 Å². The zero-order chi connectivity index (χ0) is 20.5. The van der Waals surface area contributed by atoms with Gasteiger partial charge >= 0.3 is 6.18 Å². The quantitative estimate of drug-likeness (QED) is 0.581. The SMILES string of the molecule is CC(C)[C@H](CO)Nc1nc(Nc2ccc(Cl)c(C(F)(F)F)c2)cc(C2CC2)n1. The van der Waals surface area contributed by atoms with Crippen LogP contribution in [-0.2, 0) is 6.18 Å². The van der Waals surface area contributed by atoms with Crippen LogP contribution in [0.5, 0.6) is 0 Å². The van der Waals surface area contributed by atoms with E-state index in [-0.39, 0.29) is 29.3 Å². The van der Waals surface area contributed by atoms with Gasteiger partial charge in [-0.3, -0.25) is 0 Å². The molecular weight excluding hydrogens is 393 g/mol. The molecule has 1 aromatic heterocycles. The number of benzene rings is 1. The van der Waals surface area contributed by atoms with E-state index in [1.165, 1.54) is 12.1 Å². The second kappa shape index (κ2) is 8.13. The monoisotopic (exact) mass is 414 g/mol. The van der Waals surface area contributed by atoms with E-state index >= 15 is 0 Å². The molecule has 2 aromatic rings. The number of anilines is 3. The first-order valence-corrected chi connectivity index (χ1v) is 9.45. The van der Waals surface area contributed by atoms with Crippen molar-refractivity contribution in [1.29, 1.82) is 0 Å². The van der Waals surface area contributed by atoms with Crippen LogP contribution in [0.2, 0.25) is 5.02 Å². The first-order chi connectivity index (χ1) is 13.2. The molecule has 1 fully saturated rings. The second-order valence-electron chi connectivity index (χ2n) is 7.27. The lowest BCUT2D eigenvalue weighted by atomic mass is 10.1. The van der Waals surface area contributed by atoms with Crippen molar-refractivity contribution < 1.29 is 18.3 Å². The van der Waals surface area contributed by atoms with Crippen molar-refractivity contribution in [3.63, 3.8) is 0 Å². The molecule has 0 bridgehead atoms. The Morgan fingerprint density at radius 2 is 1.93 bits per heavy atom. The fourth-order valence-electron chi connectivity index (χ4n) is 2.74. The molecule has 0 saturated heterocycles. The number of nitrogens with one attached hydrogen (secondary N) is 2. The largest absolute Gasteiger partial charge is 0.417 e. The van der Waals surface area contributed by atoms with Crippen LogP contribution in [0.25, 0.3) is 0 Å². The zero-order valence-electron chi connectivity index (χ0n) is 15.5. The normalized spacial score (nSPS) is 15.6. The van der Waals surface area contributed by atoms with Gasteiger partial charge in [0.15, 0.2) is 0 Å². The van der Waals surface area contributed by atoms with Gasteiger partial charge in [0.2, 0.25) is 5.95 Å². The van der Waals surface area contributed by atoms with Crippen LogP contribution >= 0.6 is 11.6 Å². The van der Waals surface area contributed by atoms with E-state index in [0.717, 1.165) is 24.6 Å². The molecule has 152 valence electrons. The molecule has 0 amide bonds. The lowest BCUT2D eigenvalue weighted by Gasteiger charge is -2.21. The van der Waals surface area contributed by atoms with E-state index in [1.54, 1.807) is 6.07 Å². The Balaban J connectivity index is 1.89. The molecule has 1 saturated carbocycles. The van der Waals surface area contributed by atoms with Gasteiger partial charge in [-0.15, -0.1) is 0 Å². The number of nitrogens with zero attached hydrogens (tertiary/aromatic N) is 2. The molecule has 0 spiro atoms. The Labute approximate surface area is 166 Å². The molecule has 3 N–H and O–H groups in total. The molecule has 0 aliphatic heterocycles. The van der Waals surface area contributed by atoms with Gasteiger partial charge in [-0.05, 0) is 37.0 Å². The van der Waals surface area contributed by atoms with Crippen molar-refractivity contribution in [3.8, 4) is 0 Å². The summed E-state index contributed by atoms with van der Waals surface area (Å²) in [6.45, 7) is 3.85. The molecule has 0 unspecified atom stereocenters. The Hall–Kier alpha value is -2.06. The van der Waals surface area contributed by atoms with Crippen LogP contribution in [0.15, 0.2) is 24.3 Å². The molecule has 3 rings (SSSR count). The molecule has 9 heteroatoms. The first-order valence-electron chi connectivity index (χ1n) is 9.07. The third kappa shape index (κ3) is 5.05. The van der Waals surface area contributed by atoms with Gasteiger partial charge in [-0.2, -0.15) is 18.2 Å².